The largest absolute Gasteiger partial charge is 0.438 e. The topological polar surface area (TPSA) is 76.7 Å². The number of amides is 2. The number of carbonyl (C=O) groups is 2. The molecule has 0 radical (unpaired) electrons. The molecule has 4 unspecified atom stereocenters. The number of hydrogen-bond acceptors (Lipinski definition) is 4. The van der Waals surface area contributed by atoms with Gasteiger partial charge in [0.15, 0.2) is 0 Å². The van der Waals surface area contributed by atoms with Gasteiger partial charge in [-0.3, -0.25) is 9.59 Å². The van der Waals surface area contributed by atoms with Crippen LogP contribution in [0, 0.1) is 0 Å². The van der Waals surface area contributed by atoms with E-state index >= 15 is 0 Å². The highest BCUT2D eigenvalue weighted by molar-refractivity contribution is 6.18. The number of anilines is 2. The average Bonchev–Trinajstić information content (AvgIpc) is 3.25. The van der Waals surface area contributed by atoms with Crippen LogP contribution in [0.15, 0.2) is 48.5 Å². The summed E-state index contributed by atoms with van der Waals surface area (Å²) in [5.41, 5.74) is 3.10. The second-order valence-corrected chi connectivity index (χ2v) is 10.1. The Morgan fingerprint density at radius 3 is 1.67 bits per heavy atom. The van der Waals surface area contributed by atoms with Crippen LogP contribution in [0.3, 0.4) is 0 Å². The summed E-state index contributed by atoms with van der Waals surface area (Å²) in [6.45, 7) is 0. The quantitative estimate of drug-likeness (QED) is 0.701. The summed E-state index contributed by atoms with van der Waals surface area (Å²) >= 11 is 0. The molecule has 0 saturated heterocycles. The van der Waals surface area contributed by atoms with Gasteiger partial charge in [0, 0.05) is 23.6 Å². The molecular formula is C26H29BN2O4. The van der Waals surface area contributed by atoms with Crippen LogP contribution in [0.4, 0.5) is 11.4 Å². The molecule has 2 saturated carbocycles. The molecule has 4 aliphatic rings. The second kappa shape index (κ2) is 7.99. The Labute approximate surface area is 194 Å². The van der Waals surface area contributed by atoms with E-state index in [1.807, 2.05) is 36.4 Å². The third-order valence-electron chi connectivity index (χ3n) is 8.27. The first-order chi connectivity index (χ1) is 16.1. The molecule has 2 aromatic rings. The Hall–Kier alpha value is -2.64. The lowest BCUT2D eigenvalue weighted by atomic mass is 9.69. The molecule has 0 bridgehead atoms. The van der Waals surface area contributed by atoms with Crippen molar-refractivity contribution in [1.29, 1.82) is 0 Å². The normalized spacial score (nSPS) is 32.4. The van der Waals surface area contributed by atoms with Gasteiger partial charge in [0.2, 0.25) is 11.8 Å². The van der Waals surface area contributed by atoms with E-state index in [1.54, 1.807) is 0 Å². The molecule has 170 valence electrons. The highest BCUT2D eigenvalue weighted by atomic mass is 16.6. The Balaban J connectivity index is 1.10. The number of fused-ring (bicyclic) bond motifs is 4. The molecule has 2 heterocycles. The molecule has 2 aromatic carbocycles. The Morgan fingerprint density at radius 2 is 1.18 bits per heavy atom. The van der Waals surface area contributed by atoms with Crippen LogP contribution in [0.25, 0.3) is 0 Å². The van der Waals surface area contributed by atoms with Gasteiger partial charge in [-0.25, -0.2) is 0 Å². The van der Waals surface area contributed by atoms with Gasteiger partial charge >= 0.3 is 7.69 Å². The Kier molecular flexibility index (Phi) is 5.07. The number of para-hydroxylation sites is 2. The van der Waals surface area contributed by atoms with Crippen LogP contribution in [-0.2, 0) is 29.7 Å². The number of rotatable bonds is 4. The summed E-state index contributed by atoms with van der Waals surface area (Å²) in [5, 5.41) is 6.13. The van der Waals surface area contributed by atoms with E-state index in [0.29, 0.717) is 12.8 Å². The third kappa shape index (κ3) is 3.32. The van der Waals surface area contributed by atoms with Gasteiger partial charge in [-0.15, -0.1) is 0 Å². The maximum absolute atomic E-state index is 12.9. The number of benzene rings is 2. The first-order valence-corrected chi connectivity index (χ1v) is 12.2. The van der Waals surface area contributed by atoms with E-state index in [1.165, 1.54) is 0 Å². The zero-order valence-electron chi connectivity index (χ0n) is 18.8. The van der Waals surface area contributed by atoms with Crippen molar-refractivity contribution in [2.24, 2.45) is 0 Å². The highest BCUT2D eigenvalue weighted by Crippen LogP contribution is 2.49. The summed E-state index contributed by atoms with van der Waals surface area (Å²) in [5.74, 6) is 0.191. The molecule has 2 spiro atoms. The summed E-state index contributed by atoms with van der Waals surface area (Å²) < 4.78 is 12.4. The minimum atomic E-state index is -0.486. The van der Waals surface area contributed by atoms with Gasteiger partial charge in [0.1, 0.15) is 0 Å². The van der Waals surface area contributed by atoms with Gasteiger partial charge in [-0.05, 0) is 74.6 Å². The van der Waals surface area contributed by atoms with Crippen molar-refractivity contribution in [3.8, 4) is 0 Å². The summed E-state index contributed by atoms with van der Waals surface area (Å²) in [6.07, 6.45) is 6.84. The monoisotopic (exact) mass is 444 g/mol. The molecule has 6 nitrogen and oxygen atoms in total. The smallest absolute Gasteiger partial charge is 0.411 e. The zero-order valence-corrected chi connectivity index (χ0v) is 18.8. The molecule has 4 atom stereocenters. The van der Waals surface area contributed by atoms with E-state index in [9.17, 15) is 9.59 Å². The predicted molar refractivity (Wildman–Crippen MR) is 127 cm³/mol. The van der Waals surface area contributed by atoms with Crippen molar-refractivity contribution in [2.45, 2.75) is 74.4 Å². The minimum absolute atomic E-state index is 0.0105. The molecule has 33 heavy (non-hydrogen) atoms. The molecule has 2 aliphatic heterocycles. The number of nitrogens with one attached hydrogen (secondary N) is 2. The van der Waals surface area contributed by atoms with Crippen LogP contribution >= 0.6 is 0 Å². The van der Waals surface area contributed by atoms with Crippen LogP contribution in [-0.4, -0.2) is 31.7 Å². The fraction of sp³-hybridized carbons (Fsp3) is 0.462. The first kappa shape index (κ1) is 20.9. The molecule has 7 heteroatoms. The molecule has 2 aliphatic carbocycles. The predicted octanol–water partition coefficient (Wildman–Crippen LogP) is 3.95. The van der Waals surface area contributed by atoms with Crippen LogP contribution in [0.1, 0.15) is 62.5 Å². The standard InChI is InChI=1S/C26H29BN2O4/c30-23-25(19-9-1-3-11-21(19)28-23)13-5-7-17(15-25)32-27-33-18-8-6-14-26(16-18)20-10-2-4-12-22(20)29-24(26)31/h1-4,9-12,17-18,27H,5-8,13-16H2,(H,28,30)(H,29,31). The van der Waals surface area contributed by atoms with Crippen LogP contribution < -0.4 is 10.6 Å². The molecular weight excluding hydrogens is 415 g/mol. The fourth-order valence-electron chi connectivity index (χ4n) is 6.61. The van der Waals surface area contributed by atoms with Crippen molar-refractivity contribution in [3.63, 3.8) is 0 Å². The van der Waals surface area contributed by atoms with Crippen molar-refractivity contribution in [1.82, 2.24) is 0 Å². The summed E-state index contributed by atoms with van der Waals surface area (Å²) in [7, 11) is 0.202. The average molecular weight is 444 g/mol. The molecule has 6 rings (SSSR count). The Bertz CT molecular complexity index is 1020. The lowest BCUT2D eigenvalue weighted by molar-refractivity contribution is -0.123. The van der Waals surface area contributed by atoms with E-state index in [2.05, 4.69) is 22.8 Å². The third-order valence-corrected chi connectivity index (χ3v) is 8.27. The fourth-order valence-corrected chi connectivity index (χ4v) is 6.61. The van der Waals surface area contributed by atoms with Crippen LogP contribution in [0.5, 0.6) is 0 Å². The van der Waals surface area contributed by atoms with Crippen molar-refractivity contribution < 1.29 is 18.9 Å². The van der Waals surface area contributed by atoms with Crippen molar-refractivity contribution >= 4 is 30.9 Å². The lowest BCUT2D eigenvalue weighted by Gasteiger charge is -2.38. The first-order valence-electron chi connectivity index (χ1n) is 12.2. The SMILES string of the molecule is O=C1Nc2ccccc2C12CCCC(OBOC1CCCC3(C1)C(=O)Nc1ccccc13)C2. The number of hydrogen-bond donors (Lipinski definition) is 2. The highest BCUT2D eigenvalue weighted by Gasteiger charge is 2.51. The molecule has 2 N–H and O–H groups in total. The van der Waals surface area contributed by atoms with Gasteiger partial charge in [-0.2, -0.15) is 0 Å². The molecule has 2 amide bonds. The Morgan fingerprint density at radius 1 is 0.727 bits per heavy atom. The van der Waals surface area contributed by atoms with E-state index in [4.69, 9.17) is 9.31 Å². The van der Waals surface area contributed by atoms with Crippen molar-refractivity contribution in [2.75, 3.05) is 10.6 Å². The summed E-state index contributed by atoms with van der Waals surface area (Å²) in [6, 6.07) is 16.0. The minimum Gasteiger partial charge on any atom is -0.411 e. The van der Waals surface area contributed by atoms with E-state index in [-0.39, 0.29) is 31.7 Å². The second-order valence-electron chi connectivity index (χ2n) is 10.1. The number of carbonyl (C=O) groups excluding carboxylic acids is 2. The van der Waals surface area contributed by atoms with E-state index < -0.39 is 10.8 Å². The lowest BCUT2D eigenvalue weighted by Crippen LogP contribution is -2.43. The van der Waals surface area contributed by atoms with E-state index in [0.717, 1.165) is 61.0 Å². The zero-order chi connectivity index (χ0) is 22.5. The van der Waals surface area contributed by atoms with Crippen LogP contribution in [0.2, 0.25) is 0 Å². The maximum Gasteiger partial charge on any atom is 0.438 e. The van der Waals surface area contributed by atoms with Gasteiger partial charge < -0.3 is 19.9 Å². The van der Waals surface area contributed by atoms with Crippen molar-refractivity contribution in [3.05, 3.63) is 59.7 Å². The molecule has 0 aromatic heterocycles. The maximum atomic E-state index is 12.9. The summed E-state index contributed by atoms with van der Waals surface area (Å²) in [4.78, 5) is 25.8. The molecule has 2 fully saturated rings. The van der Waals surface area contributed by atoms with Gasteiger partial charge in [0.25, 0.3) is 0 Å². The van der Waals surface area contributed by atoms with Gasteiger partial charge in [0.05, 0.1) is 10.8 Å². The van der Waals surface area contributed by atoms with Gasteiger partial charge in [-0.1, -0.05) is 36.4 Å².